The highest BCUT2D eigenvalue weighted by Crippen LogP contribution is 2.43. The van der Waals surface area contributed by atoms with Crippen LogP contribution in [0.25, 0.3) is 5.00 Å². The Balaban J connectivity index is 1.45. The summed E-state index contributed by atoms with van der Waals surface area (Å²) in [4.78, 5) is 21.6. The molecule has 0 spiro atoms. The summed E-state index contributed by atoms with van der Waals surface area (Å²) in [5.41, 5.74) is 5.80. The maximum absolute atomic E-state index is 13.2. The van der Waals surface area contributed by atoms with Gasteiger partial charge in [0.2, 0.25) is 5.91 Å². The standard InChI is InChI=1S/C24H25N5O2S/c1-14-5-3-4-6-17(14)22-21-18-11-16(23(30)28-7-9-31-10-8-28)12-19(18)32-24(21)29-15(2)26-27-20(29)13-25-22/h3-6,16H,7-13H2,1-2H3/t16-/m0/s1. The number of carbonyl (C=O) groups is 1. The van der Waals surface area contributed by atoms with Crippen LogP contribution in [0.5, 0.6) is 0 Å². The highest BCUT2D eigenvalue weighted by molar-refractivity contribution is 7.15. The fraction of sp³-hybridized carbons (Fsp3) is 0.417. The van der Waals surface area contributed by atoms with Crippen molar-refractivity contribution in [1.29, 1.82) is 0 Å². The van der Waals surface area contributed by atoms with E-state index in [1.807, 2.05) is 11.8 Å². The number of aryl methyl sites for hydroxylation is 2. The molecule has 0 unspecified atom stereocenters. The zero-order valence-corrected chi connectivity index (χ0v) is 19.1. The van der Waals surface area contributed by atoms with Crippen LogP contribution < -0.4 is 0 Å². The number of thiophene rings is 1. The van der Waals surface area contributed by atoms with Crippen LogP contribution in [0.4, 0.5) is 0 Å². The van der Waals surface area contributed by atoms with E-state index in [1.54, 1.807) is 11.3 Å². The number of nitrogens with zero attached hydrogens (tertiary/aromatic N) is 5. The minimum absolute atomic E-state index is 0.00232. The topological polar surface area (TPSA) is 72.6 Å². The van der Waals surface area contributed by atoms with E-state index < -0.39 is 0 Å². The SMILES string of the molecule is Cc1ccccc1C1=NCc2nnc(C)n2-c2sc3c(c21)C[C@H](C(=O)N1CCOCC1)C3. The predicted octanol–water partition coefficient (Wildman–Crippen LogP) is 2.87. The third-order valence-electron chi connectivity index (χ3n) is 6.74. The fourth-order valence-corrected chi connectivity index (χ4v) is 6.58. The number of rotatable bonds is 2. The van der Waals surface area contributed by atoms with Crippen LogP contribution in [-0.2, 0) is 28.9 Å². The van der Waals surface area contributed by atoms with E-state index in [0.29, 0.717) is 32.8 Å². The average Bonchev–Trinajstić information content (AvgIpc) is 3.45. The Morgan fingerprint density at radius 1 is 1.12 bits per heavy atom. The third kappa shape index (κ3) is 3.04. The molecular weight excluding hydrogens is 422 g/mol. The number of ether oxygens (including phenoxy) is 1. The van der Waals surface area contributed by atoms with Gasteiger partial charge >= 0.3 is 0 Å². The van der Waals surface area contributed by atoms with Crippen molar-refractivity contribution in [2.24, 2.45) is 10.9 Å². The first-order chi connectivity index (χ1) is 15.6. The fourth-order valence-electron chi connectivity index (χ4n) is 5.10. The van der Waals surface area contributed by atoms with Crippen LogP contribution in [-0.4, -0.2) is 57.6 Å². The summed E-state index contributed by atoms with van der Waals surface area (Å²) >= 11 is 1.78. The van der Waals surface area contributed by atoms with Crippen molar-refractivity contribution in [3.05, 3.63) is 63.0 Å². The Morgan fingerprint density at radius 2 is 1.94 bits per heavy atom. The first kappa shape index (κ1) is 19.8. The second-order valence-electron chi connectivity index (χ2n) is 8.71. The van der Waals surface area contributed by atoms with E-state index >= 15 is 0 Å². The Bertz CT molecular complexity index is 1250. The number of aliphatic imine (C=N–C) groups is 1. The van der Waals surface area contributed by atoms with E-state index in [1.165, 1.54) is 21.6 Å². The van der Waals surface area contributed by atoms with Gasteiger partial charge in [0.15, 0.2) is 5.82 Å². The maximum Gasteiger partial charge on any atom is 0.226 e. The van der Waals surface area contributed by atoms with Gasteiger partial charge < -0.3 is 9.64 Å². The monoisotopic (exact) mass is 447 g/mol. The molecule has 1 aliphatic carbocycles. The average molecular weight is 448 g/mol. The molecule has 164 valence electrons. The first-order valence-corrected chi connectivity index (χ1v) is 12.0. The lowest BCUT2D eigenvalue weighted by Crippen LogP contribution is -2.44. The predicted molar refractivity (Wildman–Crippen MR) is 123 cm³/mol. The van der Waals surface area contributed by atoms with Gasteiger partial charge in [-0.05, 0) is 37.8 Å². The molecule has 6 rings (SSSR count). The van der Waals surface area contributed by atoms with Gasteiger partial charge in [-0.3, -0.25) is 14.4 Å². The van der Waals surface area contributed by atoms with Crippen molar-refractivity contribution in [2.75, 3.05) is 26.3 Å². The largest absolute Gasteiger partial charge is 0.378 e. The molecule has 0 saturated carbocycles. The summed E-state index contributed by atoms with van der Waals surface area (Å²) in [5.74, 6) is 2.01. The van der Waals surface area contributed by atoms with Crippen LogP contribution in [0.3, 0.4) is 0 Å². The van der Waals surface area contributed by atoms with E-state index in [-0.39, 0.29) is 11.8 Å². The van der Waals surface area contributed by atoms with Crippen molar-refractivity contribution in [3.63, 3.8) is 0 Å². The summed E-state index contributed by atoms with van der Waals surface area (Å²) < 4.78 is 7.60. The van der Waals surface area contributed by atoms with Gasteiger partial charge in [0.25, 0.3) is 0 Å². The molecule has 0 radical (unpaired) electrons. The molecule has 8 heteroatoms. The van der Waals surface area contributed by atoms with Crippen LogP contribution in [0.1, 0.15) is 38.8 Å². The van der Waals surface area contributed by atoms with Crippen LogP contribution >= 0.6 is 11.3 Å². The van der Waals surface area contributed by atoms with E-state index in [2.05, 4.69) is 46.0 Å². The molecule has 7 nitrogen and oxygen atoms in total. The van der Waals surface area contributed by atoms with Gasteiger partial charge in [0, 0.05) is 35.0 Å². The number of morpholine rings is 1. The van der Waals surface area contributed by atoms with Crippen molar-refractivity contribution >= 4 is 23.0 Å². The smallest absolute Gasteiger partial charge is 0.226 e. The summed E-state index contributed by atoms with van der Waals surface area (Å²) in [6.45, 7) is 7.28. The molecule has 1 atom stereocenters. The number of fused-ring (bicyclic) bond motifs is 5. The molecule has 1 amide bonds. The van der Waals surface area contributed by atoms with Crippen molar-refractivity contribution < 1.29 is 9.53 Å². The number of carbonyl (C=O) groups excluding carboxylic acids is 1. The minimum atomic E-state index is 0.00232. The van der Waals surface area contributed by atoms with Crippen LogP contribution in [0.2, 0.25) is 0 Å². The van der Waals surface area contributed by atoms with E-state index in [9.17, 15) is 4.79 Å². The molecular formula is C24H25N5O2S. The molecule has 1 aromatic carbocycles. The van der Waals surface area contributed by atoms with Crippen LogP contribution in [0, 0.1) is 19.8 Å². The van der Waals surface area contributed by atoms with Crippen molar-refractivity contribution in [1.82, 2.24) is 19.7 Å². The van der Waals surface area contributed by atoms with Crippen molar-refractivity contribution in [2.45, 2.75) is 33.2 Å². The summed E-state index contributed by atoms with van der Waals surface area (Å²) in [6.07, 6.45) is 1.56. The highest BCUT2D eigenvalue weighted by atomic mass is 32.1. The van der Waals surface area contributed by atoms with Gasteiger partial charge in [-0.1, -0.05) is 24.3 Å². The maximum atomic E-state index is 13.2. The Labute approximate surface area is 190 Å². The molecule has 2 aliphatic heterocycles. The Morgan fingerprint density at radius 3 is 2.75 bits per heavy atom. The minimum Gasteiger partial charge on any atom is -0.378 e. The number of hydrogen-bond donors (Lipinski definition) is 0. The summed E-state index contributed by atoms with van der Waals surface area (Å²) in [7, 11) is 0. The Hall–Kier alpha value is -2.84. The number of aromatic nitrogens is 3. The van der Waals surface area contributed by atoms with E-state index in [4.69, 9.17) is 9.73 Å². The molecule has 3 aliphatic rings. The second-order valence-corrected chi connectivity index (χ2v) is 9.79. The molecule has 1 saturated heterocycles. The Kier molecular flexibility index (Phi) is 4.73. The molecule has 2 aromatic heterocycles. The van der Waals surface area contributed by atoms with Crippen molar-refractivity contribution in [3.8, 4) is 5.00 Å². The summed E-state index contributed by atoms with van der Waals surface area (Å²) in [5, 5.41) is 9.85. The van der Waals surface area contributed by atoms with Gasteiger partial charge in [-0.15, -0.1) is 21.5 Å². The van der Waals surface area contributed by atoms with Gasteiger partial charge in [0.05, 0.1) is 18.9 Å². The molecule has 0 bridgehead atoms. The lowest BCUT2D eigenvalue weighted by molar-refractivity contribution is -0.139. The normalized spacial score (nSPS) is 19.8. The summed E-state index contributed by atoms with van der Waals surface area (Å²) in [6, 6.07) is 8.40. The molecule has 4 heterocycles. The number of benzene rings is 1. The molecule has 0 N–H and O–H groups in total. The van der Waals surface area contributed by atoms with Gasteiger partial charge in [0.1, 0.15) is 17.4 Å². The van der Waals surface area contributed by atoms with Crippen LogP contribution in [0.15, 0.2) is 29.3 Å². The zero-order chi connectivity index (χ0) is 21.8. The number of amides is 1. The molecule has 32 heavy (non-hydrogen) atoms. The zero-order valence-electron chi connectivity index (χ0n) is 18.3. The van der Waals surface area contributed by atoms with Gasteiger partial charge in [-0.25, -0.2) is 0 Å². The lowest BCUT2D eigenvalue weighted by Gasteiger charge is -2.29. The van der Waals surface area contributed by atoms with E-state index in [0.717, 1.165) is 40.8 Å². The quantitative estimate of drug-likeness (QED) is 0.606. The highest BCUT2D eigenvalue weighted by Gasteiger charge is 2.38. The lowest BCUT2D eigenvalue weighted by atomic mass is 9.95. The number of hydrogen-bond acceptors (Lipinski definition) is 6. The second kappa shape index (κ2) is 7.64. The first-order valence-electron chi connectivity index (χ1n) is 11.1. The molecule has 3 aromatic rings. The molecule has 1 fully saturated rings. The van der Waals surface area contributed by atoms with Gasteiger partial charge in [-0.2, -0.15) is 0 Å². The third-order valence-corrected chi connectivity index (χ3v) is 7.98.